The number of sulfonamides is 1. The van der Waals surface area contributed by atoms with E-state index in [0.29, 0.717) is 6.07 Å². The molecule has 0 aliphatic heterocycles. The van der Waals surface area contributed by atoms with Crippen LogP contribution in [0.1, 0.15) is 15.9 Å². The topological polar surface area (TPSA) is 104 Å². The Morgan fingerprint density at radius 2 is 1.81 bits per heavy atom. The van der Waals surface area contributed by atoms with Crippen molar-refractivity contribution in [3.8, 4) is 12.3 Å². The fourth-order valence-corrected chi connectivity index (χ4v) is 3.57. The Labute approximate surface area is 181 Å². The predicted molar refractivity (Wildman–Crippen MR) is 108 cm³/mol. The van der Waals surface area contributed by atoms with E-state index in [9.17, 15) is 31.2 Å². The molecule has 2 amide bonds. The molecule has 31 heavy (non-hydrogen) atoms. The van der Waals surface area contributed by atoms with E-state index in [1.54, 1.807) is 0 Å². The molecule has 3 N–H and O–H groups in total. The number of halogens is 4. The van der Waals surface area contributed by atoms with Crippen LogP contribution in [-0.4, -0.2) is 33.3 Å². The Kier molecular flexibility index (Phi) is 7.54. The first-order valence-corrected chi connectivity index (χ1v) is 10.3. The Hall–Kier alpha value is -3.23. The molecule has 7 nitrogen and oxygen atoms in total. The van der Waals surface area contributed by atoms with Crippen molar-refractivity contribution in [1.82, 2.24) is 10.6 Å². The summed E-state index contributed by atoms with van der Waals surface area (Å²) in [5.74, 6) is 0.773. The molecule has 0 atom stereocenters. The molecule has 0 radical (unpaired) electrons. The SMILES string of the molecule is C#CCNC(=O)CNC(=O)c1cc(S(=O)(=O)Nc2cccc(C(F)(F)F)c2)ccc1Cl. The van der Waals surface area contributed by atoms with Crippen LogP contribution in [0.2, 0.25) is 5.02 Å². The van der Waals surface area contributed by atoms with Crippen LogP contribution in [0.15, 0.2) is 47.4 Å². The van der Waals surface area contributed by atoms with Crippen molar-refractivity contribution in [2.24, 2.45) is 0 Å². The summed E-state index contributed by atoms with van der Waals surface area (Å²) in [5.41, 5.74) is -1.61. The van der Waals surface area contributed by atoms with E-state index in [1.807, 2.05) is 4.72 Å². The maximum Gasteiger partial charge on any atom is 0.416 e. The lowest BCUT2D eigenvalue weighted by atomic mass is 10.2. The summed E-state index contributed by atoms with van der Waals surface area (Å²) in [6.07, 6.45) is 0.344. The molecule has 2 aromatic carbocycles. The van der Waals surface area contributed by atoms with Crippen molar-refractivity contribution in [3.05, 3.63) is 58.6 Å². The van der Waals surface area contributed by atoms with Gasteiger partial charge in [0.2, 0.25) is 5.91 Å². The molecule has 2 rings (SSSR count). The number of carbonyl (C=O) groups is 2. The van der Waals surface area contributed by atoms with Crippen molar-refractivity contribution in [3.63, 3.8) is 0 Å². The summed E-state index contributed by atoms with van der Waals surface area (Å²) in [6, 6.07) is 6.77. The van der Waals surface area contributed by atoms with Crippen LogP contribution in [0.4, 0.5) is 18.9 Å². The van der Waals surface area contributed by atoms with Gasteiger partial charge in [0.25, 0.3) is 15.9 Å². The summed E-state index contributed by atoms with van der Waals surface area (Å²) in [6.45, 7) is -0.472. The minimum Gasteiger partial charge on any atom is -0.344 e. The molecular weight excluding hydrogens is 459 g/mol. The zero-order valence-electron chi connectivity index (χ0n) is 15.6. The molecule has 0 aliphatic carbocycles. The summed E-state index contributed by atoms with van der Waals surface area (Å²) < 4.78 is 65.7. The van der Waals surface area contributed by atoms with Gasteiger partial charge in [0.15, 0.2) is 0 Å². The van der Waals surface area contributed by atoms with Gasteiger partial charge < -0.3 is 10.6 Å². The number of rotatable bonds is 7. The highest BCUT2D eigenvalue weighted by molar-refractivity contribution is 7.92. The van der Waals surface area contributed by atoms with E-state index in [1.165, 1.54) is 0 Å². The number of amides is 2. The number of carbonyl (C=O) groups excluding carboxylic acids is 2. The van der Waals surface area contributed by atoms with Crippen molar-refractivity contribution in [2.75, 3.05) is 17.8 Å². The molecule has 0 aliphatic rings. The average Bonchev–Trinajstić information content (AvgIpc) is 2.69. The fourth-order valence-electron chi connectivity index (χ4n) is 2.29. The summed E-state index contributed by atoms with van der Waals surface area (Å²) in [5, 5.41) is 4.48. The standard InChI is InChI=1S/C19H15ClF3N3O4S/c1-2-8-24-17(27)11-25-18(28)15-10-14(6-7-16(15)20)31(29,30)26-13-5-3-4-12(9-13)19(21,22)23/h1,3-7,9-10,26H,8,11H2,(H,24,27)(H,25,28). The molecule has 0 spiro atoms. The molecule has 12 heteroatoms. The normalized spacial score (nSPS) is 11.3. The van der Waals surface area contributed by atoms with E-state index in [2.05, 4.69) is 16.6 Å². The monoisotopic (exact) mass is 473 g/mol. The fraction of sp³-hybridized carbons (Fsp3) is 0.158. The largest absolute Gasteiger partial charge is 0.416 e. The second-order valence-corrected chi connectivity index (χ2v) is 8.08. The minimum absolute atomic E-state index is 0.0373. The molecule has 0 aromatic heterocycles. The number of hydrogen-bond acceptors (Lipinski definition) is 4. The third kappa shape index (κ3) is 6.63. The lowest BCUT2D eigenvalue weighted by Crippen LogP contribution is -2.37. The van der Waals surface area contributed by atoms with Crippen LogP contribution in [0.5, 0.6) is 0 Å². The zero-order chi connectivity index (χ0) is 23.2. The lowest BCUT2D eigenvalue weighted by Gasteiger charge is -2.12. The Morgan fingerprint density at radius 3 is 2.45 bits per heavy atom. The quantitative estimate of drug-likeness (QED) is 0.538. The number of hydrogen-bond donors (Lipinski definition) is 3. The number of benzene rings is 2. The van der Waals surface area contributed by atoms with Gasteiger partial charge >= 0.3 is 6.18 Å². The second kappa shape index (κ2) is 9.72. The predicted octanol–water partition coefficient (Wildman–Crippen LogP) is 2.64. The van der Waals surface area contributed by atoms with E-state index in [-0.39, 0.29) is 22.8 Å². The Bertz CT molecular complexity index is 1140. The van der Waals surface area contributed by atoms with Gasteiger partial charge in [-0.2, -0.15) is 13.2 Å². The van der Waals surface area contributed by atoms with Gasteiger partial charge in [-0.25, -0.2) is 8.42 Å². The smallest absolute Gasteiger partial charge is 0.344 e. The third-order valence-electron chi connectivity index (χ3n) is 3.73. The molecule has 0 saturated heterocycles. The van der Waals surface area contributed by atoms with Gasteiger partial charge in [0.1, 0.15) is 0 Å². The van der Waals surface area contributed by atoms with Crippen LogP contribution >= 0.6 is 11.6 Å². The molecular formula is C19H15ClF3N3O4S. The Morgan fingerprint density at radius 1 is 1.10 bits per heavy atom. The first-order chi connectivity index (χ1) is 14.4. The maximum atomic E-state index is 12.8. The second-order valence-electron chi connectivity index (χ2n) is 5.99. The van der Waals surface area contributed by atoms with E-state index < -0.39 is 45.0 Å². The minimum atomic E-state index is -4.65. The number of anilines is 1. The van der Waals surface area contributed by atoms with Gasteiger partial charge in [0.05, 0.1) is 34.1 Å². The molecule has 0 unspecified atom stereocenters. The first-order valence-electron chi connectivity index (χ1n) is 8.42. The Balaban J connectivity index is 2.22. The van der Waals surface area contributed by atoms with Crippen molar-refractivity contribution < 1.29 is 31.2 Å². The highest BCUT2D eigenvalue weighted by Crippen LogP contribution is 2.31. The van der Waals surface area contributed by atoms with Gasteiger partial charge in [-0.3, -0.25) is 14.3 Å². The van der Waals surface area contributed by atoms with Crippen molar-refractivity contribution in [1.29, 1.82) is 0 Å². The van der Waals surface area contributed by atoms with Crippen LogP contribution in [0.25, 0.3) is 0 Å². The zero-order valence-corrected chi connectivity index (χ0v) is 17.2. The van der Waals surface area contributed by atoms with Crippen LogP contribution < -0.4 is 15.4 Å². The molecule has 164 valence electrons. The number of terminal acetylenes is 1. The first kappa shape index (κ1) is 24.0. The number of nitrogens with one attached hydrogen (secondary N) is 3. The van der Waals surface area contributed by atoms with Crippen LogP contribution in [-0.2, 0) is 21.0 Å². The van der Waals surface area contributed by atoms with E-state index in [4.69, 9.17) is 18.0 Å². The molecule has 0 saturated carbocycles. The van der Waals surface area contributed by atoms with Crippen molar-refractivity contribution >= 4 is 39.1 Å². The van der Waals surface area contributed by atoms with Gasteiger partial charge in [0, 0.05) is 5.69 Å². The van der Waals surface area contributed by atoms with Gasteiger partial charge in [-0.1, -0.05) is 23.6 Å². The highest BCUT2D eigenvalue weighted by Gasteiger charge is 2.31. The molecule has 0 bridgehead atoms. The average molecular weight is 474 g/mol. The summed E-state index contributed by atoms with van der Waals surface area (Å²) in [7, 11) is -4.35. The van der Waals surface area contributed by atoms with Gasteiger partial charge in [-0.15, -0.1) is 6.42 Å². The number of alkyl halides is 3. The molecule has 0 heterocycles. The lowest BCUT2D eigenvalue weighted by molar-refractivity contribution is -0.137. The molecule has 2 aromatic rings. The van der Waals surface area contributed by atoms with Crippen LogP contribution in [0.3, 0.4) is 0 Å². The van der Waals surface area contributed by atoms with Gasteiger partial charge in [-0.05, 0) is 36.4 Å². The molecule has 0 fully saturated rings. The van der Waals surface area contributed by atoms with E-state index >= 15 is 0 Å². The third-order valence-corrected chi connectivity index (χ3v) is 5.44. The van der Waals surface area contributed by atoms with E-state index in [0.717, 1.165) is 36.4 Å². The maximum absolute atomic E-state index is 12.8. The highest BCUT2D eigenvalue weighted by atomic mass is 35.5. The summed E-state index contributed by atoms with van der Waals surface area (Å²) in [4.78, 5) is 23.4. The van der Waals surface area contributed by atoms with Crippen molar-refractivity contribution in [2.45, 2.75) is 11.1 Å². The summed E-state index contributed by atoms with van der Waals surface area (Å²) >= 11 is 5.94. The van der Waals surface area contributed by atoms with Crippen LogP contribution in [0, 0.1) is 12.3 Å².